The van der Waals surface area contributed by atoms with E-state index in [4.69, 9.17) is 5.73 Å². The number of hydrogen-bond donors (Lipinski definition) is 2. The Morgan fingerprint density at radius 1 is 1.37 bits per heavy atom. The van der Waals surface area contributed by atoms with Gasteiger partial charge in [-0.3, -0.25) is 0 Å². The highest BCUT2D eigenvalue weighted by atomic mass is 79.9. The van der Waals surface area contributed by atoms with E-state index >= 15 is 0 Å². The fourth-order valence-electron chi connectivity index (χ4n) is 2.59. The van der Waals surface area contributed by atoms with E-state index in [0.717, 1.165) is 34.4 Å². The molecule has 1 unspecified atom stereocenters. The number of halogens is 1. The minimum absolute atomic E-state index is 0.321. The molecule has 0 saturated heterocycles. The van der Waals surface area contributed by atoms with Crippen LogP contribution >= 0.6 is 15.9 Å². The molecule has 3 N–H and O–H groups in total. The molecule has 1 aliphatic rings. The first-order valence-corrected chi connectivity index (χ1v) is 7.20. The monoisotopic (exact) mass is 317 g/mol. The van der Waals surface area contributed by atoms with Gasteiger partial charge in [-0.2, -0.15) is 0 Å². The van der Waals surface area contributed by atoms with Crippen molar-refractivity contribution in [3.05, 3.63) is 51.6 Å². The highest BCUT2D eigenvalue weighted by Gasteiger charge is 2.23. The first-order valence-electron chi connectivity index (χ1n) is 6.40. The molecule has 1 aromatic heterocycles. The molecule has 1 aromatic carbocycles. The molecule has 0 fully saturated rings. The number of aryl methyl sites for hydroxylation is 2. The van der Waals surface area contributed by atoms with Gasteiger partial charge in [-0.05, 0) is 70.6 Å². The molecule has 3 rings (SSSR count). The summed E-state index contributed by atoms with van der Waals surface area (Å²) in [6.45, 7) is 2.04. The molecule has 0 spiro atoms. The number of nitrogens with two attached hydrogens (primary N) is 1. The molecule has 2 aromatic rings. The molecule has 3 nitrogen and oxygen atoms in total. The fourth-order valence-corrected chi connectivity index (χ4v) is 3.17. The van der Waals surface area contributed by atoms with Crippen LogP contribution < -0.4 is 11.1 Å². The van der Waals surface area contributed by atoms with Gasteiger partial charge in [0, 0.05) is 11.9 Å². The van der Waals surface area contributed by atoms with Crippen molar-refractivity contribution in [1.82, 2.24) is 4.98 Å². The molecule has 0 saturated carbocycles. The van der Waals surface area contributed by atoms with Gasteiger partial charge in [0.15, 0.2) is 0 Å². The third-order valence-electron chi connectivity index (χ3n) is 3.53. The van der Waals surface area contributed by atoms with Crippen molar-refractivity contribution in [3.63, 3.8) is 0 Å². The Morgan fingerprint density at radius 2 is 2.21 bits per heavy atom. The number of nitrogen functional groups attached to an aromatic ring is 1. The van der Waals surface area contributed by atoms with E-state index in [-0.39, 0.29) is 0 Å². The summed E-state index contributed by atoms with van der Waals surface area (Å²) < 4.78 is 1.01. The second kappa shape index (κ2) is 4.85. The molecular formula is C15H16BrN3. The number of hydrogen-bond acceptors (Lipinski definition) is 3. The predicted octanol–water partition coefficient (Wildman–Crippen LogP) is 3.83. The lowest BCUT2D eigenvalue weighted by atomic mass is 10.1. The Bertz CT molecular complexity index is 625. The van der Waals surface area contributed by atoms with Crippen molar-refractivity contribution < 1.29 is 0 Å². The summed E-state index contributed by atoms with van der Waals surface area (Å²) in [5, 5.41) is 3.51. The Kier molecular flexibility index (Phi) is 3.19. The average Bonchev–Trinajstić information content (AvgIpc) is 2.75. The van der Waals surface area contributed by atoms with Crippen molar-refractivity contribution >= 4 is 27.4 Å². The maximum absolute atomic E-state index is 5.83. The van der Waals surface area contributed by atoms with E-state index in [1.807, 2.05) is 19.2 Å². The SMILES string of the molecule is Cc1cnc(NC2CCc3cc(N)ccc32)c(Br)c1. The summed E-state index contributed by atoms with van der Waals surface area (Å²) in [5.41, 5.74) is 10.5. The topological polar surface area (TPSA) is 50.9 Å². The largest absolute Gasteiger partial charge is 0.399 e. The molecule has 98 valence electrons. The lowest BCUT2D eigenvalue weighted by Gasteiger charge is -2.16. The Morgan fingerprint density at radius 3 is 3.00 bits per heavy atom. The molecule has 0 amide bonds. The van der Waals surface area contributed by atoms with Gasteiger partial charge in [-0.25, -0.2) is 4.98 Å². The van der Waals surface area contributed by atoms with E-state index in [2.05, 4.69) is 44.4 Å². The van der Waals surface area contributed by atoms with Crippen LogP contribution in [0.2, 0.25) is 0 Å². The zero-order valence-electron chi connectivity index (χ0n) is 10.8. The third-order valence-corrected chi connectivity index (χ3v) is 4.14. The van der Waals surface area contributed by atoms with E-state index in [1.54, 1.807) is 0 Å². The number of benzene rings is 1. The van der Waals surface area contributed by atoms with Crippen molar-refractivity contribution in [2.24, 2.45) is 0 Å². The quantitative estimate of drug-likeness (QED) is 0.827. The summed E-state index contributed by atoms with van der Waals surface area (Å²) in [4.78, 5) is 4.45. The summed E-state index contributed by atoms with van der Waals surface area (Å²) in [6.07, 6.45) is 4.04. The average molecular weight is 318 g/mol. The van der Waals surface area contributed by atoms with E-state index in [9.17, 15) is 0 Å². The molecule has 4 heteroatoms. The number of nitrogens with one attached hydrogen (secondary N) is 1. The molecule has 19 heavy (non-hydrogen) atoms. The van der Waals surface area contributed by atoms with E-state index in [1.165, 1.54) is 11.1 Å². The molecule has 0 bridgehead atoms. The number of anilines is 2. The zero-order chi connectivity index (χ0) is 13.4. The molecule has 1 heterocycles. The summed E-state index contributed by atoms with van der Waals surface area (Å²) in [5.74, 6) is 0.903. The zero-order valence-corrected chi connectivity index (χ0v) is 12.4. The van der Waals surface area contributed by atoms with Gasteiger partial charge in [-0.15, -0.1) is 0 Å². The van der Waals surface area contributed by atoms with Crippen molar-refractivity contribution in [3.8, 4) is 0 Å². The number of aromatic nitrogens is 1. The van der Waals surface area contributed by atoms with Gasteiger partial charge < -0.3 is 11.1 Å². The Balaban J connectivity index is 1.86. The van der Waals surface area contributed by atoms with Crippen LogP contribution in [0.1, 0.15) is 29.2 Å². The molecule has 1 atom stereocenters. The first-order chi connectivity index (χ1) is 9.13. The van der Waals surface area contributed by atoms with Gasteiger partial charge >= 0.3 is 0 Å². The number of nitrogens with zero attached hydrogens (tertiary/aromatic N) is 1. The minimum Gasteiger partial charge on any atom is -0.399 e. The van der Waals surface area contributed by atoms with Gasteiger partial charge in [0.05, 0.1) is 10.5 Å². The normalized spacial score (nSPS) is 17.3. The second-order valence-electron chi connectivity index (χ2n) is 5.04. The van der Waals surface area contributed by atoms with Crippen molar-refractivity contribution in [2.45, 2.75) is 25.8 Å². The molecule has 1 aliphatic carbocycles. The summed E-state index contributed by atoms with van der Waals surface area (Å²) >= 11 is 3.56. The van der Waals surface area contributed by atoms with E-state index in [0.29, 0.717) is 6.04 Å². The van der Waals surface area contributed by atoms with E-state index < -0.39 is 0 Å². The number of pyridine rings is 1. The lowest BCUT2D eigenvalue weighted by Crippen LogP contribution is -2.09. The smallest absolute Gasteiger partial charge is 0.140 e. The highest BCUT2D eigenvalue weighted by molar-refractivity contribution is 9.10. The van der Waals surface area contributed by atoms with Crippen LogP contribution in [0.15, 0.2) is 34.9 Å². The van der Waals surface area contributed by atoms with Crippen LogP contribution in [0.25, 0.3) is 0 Å². The lowest BCUT2D eigenvalue weighted by molar-refractivity contribution is 0.756. The predicted molar refractivity (Wildman–Crippen MR) is 82.2 cm³/mol. The fraction of sp³-hybridized carbons (Fsp3) is 0.267. The number of fused-ring (bicyclic) bond motifs is 1. The van der Waals surface area contributed by atoms with Crippen molar-refractivity contribution in [1.29, 1.82) is 0 Å². The Labute approximate surface area is 121 Å². The second-order valence-corrected chi connectivity index (χ2v) is 5.89. The van der Waals surface area contributed by atoms with Crippen LogP contribution in [0, 0.1) is 6.92 Å². The molecule has 0 aliphatic heterocycles. The maximum atomic E-state index is 5.83. The van der Waals surface area contributed by atoms with Crippen LogP contribution in [-0.2, 0) is 6.42 Å². The number of rotatable bonds is 2. The van der Waals surface area contributed by atoms with Gasteiger partial charge in [0.1, 0.15) is 5.82 Å². The summed E-state index contributed by atoms with van der Waals surface area (Å²) in [7, 11) is 0. The highest BCUT2D eigenvalue weighted by Crippen LogP contribution is 2.35. The van der Waals surface area contributed by atoms with Crippen LogP contribution in [0.4, 0.5) is 11.5 Å². The molecule has 0 radical (unpaired) electrons. The first kappa shape index (κ1) is 12.5. The van der Waals surface area contributed by atoms with Crippen LogP contribution in [-0.4, -0.2) is 4.98 Å². The van der Waals surface area contributed by atoms with Crippen LogP contribution in [0.5, 0.6) is 0 Å². The maximum Gasteiger partial charge on any atom is 0.140 e. The third kappa shape index (κ3) is 2.45. The minimum atomic E-state index is 0.321. The molecular weight excluding hydrogens is 302 g/mol. The summed E-state index contributed by atoms with van der Waals surface area (Å²) in [6, 6.07) is 8.57. The Hall–Kier alpha value is -1.55. The standard InChI is InChI=1S/C15H16BrN3/c1-9-6-13(16)15(18-8-9)19-14-5-2-10-7-11(17)3-4-12(10)14/h3-4,6-8,14H,2,5,17H2,1H3,(H,18,19). The van der Waals surface area contributed by atoms with Crippen LogP contribution in [0.3, 0.4) is 0 Å². The van der Waals surface area contributed by atoms with Gasteiger partial charge in [0.2, 0.25) is 0 Å². The van der Waals surface area contributed by atoms with Gasteiger partial charge in [-0.1, -0.05) is 6.07 Å². The van der Waals surface area contributed by atoms with Crippen molar-refractivity contribution in [2.75, 3.05) is 11.1 Å². The van der Waals surface area contributed by atoms with Gasteiger partial charge in [0.25, 0.3) is 0 Å².